The van der Waals surface area contributed by atoms with Gasteiger partial charge in [-0.2, -0.15) is 0 Å². The SMILES string of the molecule is CCc1nc(NC)cc(NC(CC)C(C)C)n1. The first-order chi connectivity index (χ1) is 8.10. The summed E-state index contributed by atoms with van der Waals surface area (Å²) >= 11 is 0. The van der Waals surface area contributed by atoms with Crippen LogP contribution in [0.15, 0.2) is 6.07 Å². The molecule has 1 rings (SSSR count). The number of aryl methyl sites for hydroxylation is 1. The van der Waals surface area contributed by atoms with Gasteiger partial charge in [-0.1, -0.05) is 27.7 Å². The molecule has 17 heavy (non-hydrogen) atoms. The van der Waals surface area contributed by atoms with Gasteiger partial charge in [0.05, 0.1) is 0 Å². The average Bonchev–Trinajstić information content (AvgIpc) is 2.34. The zero-order valence-electron chi connectivity index (χ0n) is 11.5. The van der Waals surface area contributed by atoms with Crippen molar-refractivity contribution in [2.24, 2.45) is 5.92 Å². The highest BCUT2D eigenvalue weighted by Gasteiger charge is 2.12. The van der Waals surface area contributed by atoms with Crippen LogP contribution in [0.3, 0.4) is 0 Å². The van der Waals surface area contributed by atoms with E-state index in [1.807, 2.05) is 13.1 Å². The van der Waals surface area contributed by atoms with Gasteiger partial charge >= 0.3 is 0 Å². The van der Waals surface area contributed by atoms with Crippen LogP contribution in [0.4, 0.5) is 11.6 Å². The second kappa shape index (κ2) is 6.42. The molecule has 96 valence electrons. The molecule has 0 saturated carbocycles. The third-order valence-electron chi connectivity index (χ3n) is 2.92. The van der Waals surface area contributed by atoms with E-state index < -0.39 is 0 Å². The minimum atomic E-state index is 0.458. The molecule has 4 heteroatoms. The Kier molecular flexibility index (Phi) is 5.19. The van der Waals surface area contributed by atoms with Crippen molar-refractivity contribution in [3.63, 3.8) is 0 Å². The number of hydrogen-bond acceptors (Lipinski definition) is 4. The van der Waals surface area contributed by atoms with Crippen molar-refractivity contribution in [2.45, 2.75) is 46.6 Å². The topological polar surface area (TPSA) is 49.8 Å². The van der Waals surface area contributed by atoms with Crippen LogP contribution in [0.1, 0.15) is 39.9 Å². The predicted octanol–water partition coefficient (Wildman–Crippen LogP) is 2.93. The van der Waals surface area contributed by atoms with Crippen LogP contribution in [0.5, 0.6) is 0 Å². The van der Waals surface area contributed by atoms with Gasteiger partial charge in [-0.15, -0.1) is 0 Å². The van der Waals surface area contributed by atoms with Gasteiger partial charge in [-0.25, -0.2) is 9.97 Å². The van der Waals surface area contributed by atoms with E-state index in [1.165, 1.54) is 0 Å². The van der Waals surface area contributed by atoms with Gasteiger partial charge in [-0.05, 0) is 12.3 Å². The second-order valence-electron chi connectivity index (χ2n) is 4.56. The molecule has 1 heterocycles. The molecule has 1 atom stereocenters. The summed E-state index contributed by atoms with van der Waals surface area (Å²) in [4.78, 5) is 8.89. The lowest BCUT2D eigenvalue weighted by Crippen LogP contribution is -2.25. The normalized spacial score (nSPS) is 12.6. The highest BCUT2D eigenvalue weighted by molar-refractivity contribution is 5.47. The van der Waals surface area contributed by atoms with E-state index in [9.17, 15) is 0 Å². The van der Waals surface area contributed by atoms with Crippen molar-refractivity contribution in [3.05, 3.63) is 11.9 Å². The summed E-state index contributed by atoms with van der Waals surface area (Å²) < 4.78 is 0. The Balaban J connectivity index is 2.89. The largest absolute Gasteiger partial charge is 0.373 e. The number of hydrogen-bond donors (Lipinski definition) is 2. The lowest BCUT2D eigenvalue weighted by molar-refractivity contribution is 0.509. The van der Waals surface area contributed by atoms with Crippen LogP contribution in [0, 0.1) is 5.92 Å². The van der Waals surface area contributed by atoms with Crippen molar-refractivity contribution in [2.75, 3.05) is 17.7 Å². The molecule has 2 N–H and O–H groups in total. The lowest BCUT2D eigenvalue weighted by Gasteiger charge is -2.21. The number of nitrogens with one attached hydrogen (secondary N) is 2. The first kappa shape index (κ1) is 13.7. The number of nitrogens with zero attached hydrogens (tertiary/aromatic N) is 2. The first-order valence-electron chi connectivity index (χ1n) is 6.42. The van der Waals surface area contributed by atoms with Gasteiger partial charge in [0.15, 0.2) is 0 Å². The quantitative estimate of drug-likeness (QED) is 0.797. The van der Waals surface area contributed by atoms with Crippen LogP contribution >= 0.6 is 0 Å². The highest BCUT2D eigenvalue weighted by atomic mass is 15.1. The molecule has 0 aliphatic heterocycles. The molecule has 0 bridgehead atoms. The van der Waals surface area contributed by atoms with Gasteiger partial charge in [-0.3, -0.25) is 0 Å². The number of rotatable bonds is 6. The molecule has 0 aromatic carbocycles. The molecule has 1 aromatic rings. The van der Waals surface area contributed by atoms with Gasteiger partial charge in [0.1, 0.15) is 17.5 Å². The third-order valence-corrected chi connectivity index (χ3v) is 2.92. The smallest absolute Gasteiger partial charge is 0.132 e. The Morgan fingerprint density at radius 2 is 1.82 bits per heavy atom. The predicted molar refractivity (Wildman–Crippen MR) is 73.5 cm³/mol. The van der Waals surface area contributed by atoms with Crippen molar-refractivity contribution >= 4 is 11.6 Å². The van der Waals surface area contributed by atoms with E-state index in [0.29, 0.717) is 12.0 Å². The molecule has 0 aliphatic carbocycles. The van der Waals surface area contributed by atoms with Crippen LogP contribution in [0.2, 0.25) is 0 Å². The standard InChI is InChI=1S/C13H24N4/c1-6-10(9(3)4)15-13-8-12(14-5)16-11(7-2)17-13/h8-10H,6-7H2,1-5H3,(H2,14,15,16,17). The summed E-state index contributed by atoms with van der Waals surface area (Å²) in [6.07, 6.45) is 1.95. The maximum Gasteiger partial charge on any atom is 0.132 e. The van der Waals surface area contributed by atoms with E-state index in [-0.39, 0.29) is 0 Å². The summed E-state index contributed by atoms with van der Waals surface area (Å²) in [7, 11) is 1.88. The zero-order chi connectivity index (χ0) is 12.8. The van der Waals surface area contributed by atoms with E-state index in [2.05, 4.69) is 48.3 Å². The molecular formula is C13H24N4. The molecule has 4 nitrogen and oxygen atoms in total. The number of aromatic nitrogens is 2. The minimum absolute atomic E-state index is 0.458. The second-order valence-corrected chi connectivity index (χ2v) is 4.56. The monoisotopic (exact) mass is 236 g/mol. The van der Waals surface area contributed by atoms with E-state index in [4.69, 9.17) is 0 Å². The molecule has 1 unspecified atom stereocenters. The summed E-state index contributed by atoms with van der Waals surface area (Å²) in [5.74, 6) is 3.26. The van der Waals surface area contributed by atoms with Crippen molar-refractivity contribution < 1.29 is 0 Å². The Bertz CT molecular complexity index is 327. The summed E-state index contributed by atoms with van der Waals surface area (Å²) in [6, 6.07) is 2.42. The maximum absolute atomic E-state index is 4.51. The molecule has 0 radical (unpaired) electrons. The summed E-state index contributed by atoms with van der Waals surface area (Å²) in [6.45, 7) is 8.71. The Hall–Kier alpha value is -1.32. The summed E-state index contributed by atoms with van der Waals surface area (Å²) in [5, 5.41) is 6.56. The van der Waals surface area contributed by atoms with Crippen LogP contribution in [0.25, 0.3) is 0 Å². The maximum atomic E-state index is 4.51. The average molecular weight is 236 g/mol. The Morgan fingerprint density at radius 3 is 2.29 bits per heavy atom. The molecule has 0 aliphatic rings. The lowest BCUT2D eigenvalue weighted by atomic mass is 10.0. The van der Waals surface area contributed by atoms with E-state index >= 15 is 0 Å². The molecule has 0 saturated heterocycles. The molecule has 1 aromatic heterocycles. The van der Waals surface area contributed by atoms with Crippen molar-refractivity contribution in [1.29, 1.82) is 0 Å². The number of anilines is 2. The summed E-state index contributed by atoms with van der Waals surface area (Å²) in [5.41, 5.74) is 0. The molecule has 0 fully saturated rings. The molecule has 0 amide bonds. The fraction of sp³-hybridized carbons (Fsp3) is 0.692. The Labute approximate surface area is 104 Å². The highest BCUT2D eigenvalue weighted by Crippen LogP contribution is 2.16. The van der Waals surface area contributed by atoms with Gasteiger partial charge in [0.2, 0.25) is 0 Å². The van der Waals surface area contributed by atoms with E-state index in [0.717, 1.165) is 30.3 Å². The third kappa shape index (κ3) is 3.88. The van der Waals surface area contributed by atoms with Crippen LogP contribution in [-0.2, 0) is 6.42 Å². The van der Waals surface area contributed by atoms with Crippen molar-refractivity contribution in [3.8, 4) is 0 Å². The van der Waals surface area contributed by atoms with E-state index in [1.54, 1.807) is 0 Å². The van der Waals surface area contributed by atoms with Crippen LogP contribution < -0.4 is 10.6 Å². The fourth-order valence-corrected chi connectivity index (χ4v) is 1.79. The minimum Gasteiger partial charge on any atom is -0.373 e. The van der Waals surface area contributed by atoms with Gasteiger partial charge in [0, 0.05) is 25.6 Å². The van der Waals surface area contributed by atoms with Crippen molar-refractivity contribution in [1.82, 2.24) is 9.97 Å². The molecular weight excluding hydrogens is 212 g/mol. The van der Waals surface area contributed by atoms with Gasteiger partial charge in [0.25, 0.3) is 0 Å². The first-order valence-corrected chi connectivity index (χ1v) is 6.42. The zero-order valence-corrected chi connectivity index (χ0v) is 11.5. The fourth-order valence-electron chi connectivity index (χ4n) is 1.79. The Morgan fingerprint density at radius 1 is 1.18 bits per heavy atom. The molecule has 0 spiro atoms. The van der Waals surface area contributed by atoms with Gasteiger partial charge < -0.3 is 10.6 Å². The van der Waals surface area contributed by atoms with Crippen LogP contribution in [-0.4, -0.2) is 23.1 Å².